The summed E-state index contributed by atoms with van der Waals surface area (Å²) in [7, 11) is 0. The van der Waals surface area contributed by atoms with Gasteiger partial charge in [0.25, 0.3) is 0 Å². The molecule has 4 rings (SSSR count). The van der Waals surface area contributed by atoms with Crippen molar-refractivity contribution in [3.63, 3.8) is 0 Å². The van der Waals surface area contributed by atoms with Gasteiger partial charge >= 0.3 is 0 Å². The van der Waals surface area contributed by atoms with E-state index in [9.17, 15) is 13.6 Å². The number of piperidine rings is 1. The summed E-state index contributed by atoms with van der Waals surface area (Å²) in [6, 6.07) is 4.01. The second-order valence-corrected chi connectivity index (χ2v) is 7.88. The SMILES string of the molecule is O=C([C@@H]1CNC[C@@H]2CCCC[C@@H]21)N1CCN(c2ccc(F)c(F)c2)CC1. The van der Waals surface area contributed by atoms with Crippen LogP contribution in [0.25, 0.3) is 0 Å². The molecule has 1 N–H and O–H groups in total. The molecule has 26 heavy (non-hydrogen) atoms. The first-order valence-corrected chi connectivity index (χ1v) is 9.83. The molecule has 6 heteroatoms. The number of rotatable bonds is 2. The first-order valence-electron chi connectivity index (χ1n) is 9.83. The number of piperazine rings is 1. The zero-order chi connectivity index (χ0) is 18.1. The summed E-state index contributed by atoms with van der Waals surface area (Å²) in [5, 5.41) is 3.47. The molecule has 0 unspecified atom stereocenters. The number of fused-ring (bicyclic) bond motifs is 1. The van der Waals surface area contributed by atoms with Crippen molar-refractivity contribution < 1.29 is 13.6 Å². The van der Waals surface area contributed by atoms with Gasteiger partial charge in [-0.05, 0) is 43.4 Å². The highest BCUT2D eigenvalue weighted by Gasteiger charge is 2.40. The lowest BCUT2D eigenvalue weighted by Gasteiger charge is -2.44. The summed E-state index contributed by atoms with van der Waals surface area (Å²) >= 11 is 0. The topological polar surface area (TPSA) is 35.6 Å². The smallest absolute Gasteiger partial charge is 0.227 e. The summed E-state index contributed by atoms with van der Waals surface area (Å²) < 4.78 is 26.6. The molecule has 1 aliphatic carbocycles. The Kier molecular flexibility index (Phi) is 5.11. The molecule has 4 nitrogen and oxygen atoms in total. The largest absolute Gasteiger partial charge is 0.368 e. The maximum Gasteiger partial charge on any atom is 0.227 e. The molecule has 2 saturated heterocycles. The molecule has 0 spiro atoms. The van der Waals surface area contributed by atoms with Crippen LogP contribution in [0.2, 0.25) is 0 Å². The number of halogens is 2. The van der Waals surface area contributed by atoms with Gasteiger partial charge in [0.2, 0.25) is 5.91 Å². The highest BCUT2D eigenvalue weighted by atomic mass is 19.2. The van der Waals surface area contributed by atoms with Crippen molar-refractivity contribution in [3.8, 4) is 0 Å². The molecule has 3 atom stereocenters. The molecule has 142 valence electrons. The van der Waals surface area contributed by atoms with Crippen LogP contribution in [0.5, 0.6) is 0 Å². The summed E-state index contributed by atoms with van der Waals surface area (Å²) in [4.78, 5) is 17.1. The van der Waals surface area contributed by atoms with Crippen LogP contribution in [0.1, 0.15) is 25.7 Å². The molecule has 1 amide bonds. The second kappa shape index (κ2) is 7.51. The predicted molar refractivity (Wildman–Crippen MR) is 97.0 cm³/mol. The average molecular weight is 363 g/mol. The minimum absolute atomic E-state index is 0.101. The first-order chi connectivity index (χ1) is 12.6. The van der Waals surface area contributed by atoms with E-state index in [2.05, 4.69) is 5.32 Å². The standard InChI is InChI=1S/C20H27F2N3O/c21-18-6-5-15(11-19(18)22)24-7-9-25(10-8-24)20(26)17-13-23-12-14-3-1-2-4-16(14)17/h5-6,11,14,16-17,23H,1-4,7-10,12-13H2/t14-,16-,17+/m0/s1. The molecular weight excluding hydrogens is 336 g/mol. The Labute approximate surface area is 153 Å². The van der Waals surface area contributed by atoms with Gasteiger partial charge in [0.1, 0.15) is 0 Å². The second-order valence-electron chi connectivity index (χ2n) is 7.88. The minimum atomic E-state index is -0.825. The van der Waals surface area contributed by atoms with Crippen LogP contribution in [-0.4, -0.2) is 50.1 Å². The lowest BCUT2D eigenvalue weighted by Crippen LogP contribution is -2.56. The van der Waals surface area contributed by atoms with Crippen molar-refractivity contribution in [1.82, 2.24) is 10.2 Å². The fourth-order valence-electron chi connectivity index (χ4n) is 4.97. The van der Waals surface area contributed by atoms with Gasteiger partial charge in [0.15, 0.2) is 11.6 Å². The fourth-order valence-corrected chi connectivity index (χ4v) is 4.97. The quantitative estimate of drug-likeness (QED) is 0.877. The summed E-state index contributed by atoms with van der Waals surface area (Å²) in [6.07, 6.45) is 4.95. The zero-order valence-corrected chi connectivity index (χ0v) is 15.1. The number of carbonyl (C=O) groups is 1. The number of anilines is 1. The molecule has 2 heterocycles. The van der Waals surface area contributed by atoms with Crippen molar-refractivity contribution in [2.24, 2.45) is 17.8 Å². The Hall–Kier alpha value is -1.69. The van der Waals surface area contributed by atoms with E-state index in [0.717, 1.165) is 13.1 Å². The number of carbonyl (C=O) groups excluding carboxylic acids is 1. The van der Waals surface area contributed by atoms with E-state index in [0.29, 0.717) is 43.7 Å². The molecule has 1 aromatic rings. The Morgan fingerprint density at radius 3 is 2.54 bits per heavy atom. The molecule has 0 bridgehead atoms. The lowest BCUT2D eigenvalue weighted by molar-refractivity contribution is -0.140. The molecule has 3 aliphatic rings. The molecular formula is C20H27F2N3O. The number of amides is 1. The van der Waals surface area contributed by atoms with Gasteiger partial charge in [-0.25, -0.2) is 8.78 Å². The van der Waals surface area contributed by atoms with Gasteiger partial charge in [-0.2, -0.15) is 0 Å². The summed E-state index contributed by atoms with van der Waals surface area (Å²) in [6.45, 7) is 4.45. The highest BCUT2D eigenvalue weighted by Crippen LogP contribution is 2.38. The molecule has 0 radical (unpaired) electrons. The van der Waals surface area contributed by atoms with Crippen LogP contribution in [0.4, 0.5) is 14.5 Å². The highest BCUT2D eigenvalue weighted by molar-refractivity contribution is 5.80. The van der Waals surface area contributed by atoms with Crippen LogP contribution in [0, 0.1) is 29.4 Å². The normalized spacial score (nSPS) is 29.4. The Balaban J connectivity index is 1.38. The molecule has 3 fully saturated rings. The van der Waals surface area contributed by atoms with E-state index in [1.807, 2.05) is 9.80 Å². The molecule has 1 saturated carbocycles. The number of hydrogen-bond donors (Lipinski definition) is 1. The number of benzene rings is 1. The Morgan fingerprint density at radius 2 is 1.77 bits per heavy atom. The van der Waals surface area contributed by atoms with E-state index in [4.69, 9.17) is 0 Å². The van der Waals surface area contributed by atoms with Crippen molar-refractivity contribution >= 4 is 11.6 Å². The molecule has 1 aromatic carbocycles. The van der Waals surface area contributed by atoms with Crippen molar-refractivity contribution in [2.45, 2.75) is 25.7 Å². The third-order valence-corrected chi connectivity index (χ3v) is 6.43. The molecule has 0 aromatic heterocycles. The van der Waals surface area contributed by atoms with E-state index in [1.54, 1.807) is 6.07 Å². The van der Waals surface area contributed by atoms with Gasteiger partial charge in [0, 0.05) is 44.5 Å². The van der Waals surface area contributed by atoms with E-state index in [1.165, 1.54) is 37.8 Å². The predicted octanol–water partition coefficient (Wildman–Crippen LogP) is 2.64. The third kappa shape index (κ3) is 3.43. The van der Waals surface area contributed by atoms with E-state index >= 15 is 0 Å². The zero-order valence-electron chi connectivity index (χ0n) is 15.1. The first kappa shape index (κ1) is 17.7. The maximum atomic E-state index is 13.5. The average Bonchev–Trinajstić information content (AvgIpc) is 2.69. The number of nitrogens with zero attached hydrogens (tertiary/aromatic N) is 2. The Bertz CT molecular complexity index is 658. The summed E-state index contributed by atoms with van der Waals surface area (Å²) in [5.74, 6) is -0.0911. The van der Waals surface area contributed by atoms with Crippen molar-refractivity contribution in [2.75, 3.05) is 44.2 Å². The maximum absolute atomic E-state index is 13.5. The van der Waals surface area contributed by atoms with Crippen LogP contribution in [0.3, 0.4) is 0 Å². The van der Waals surface area contributed by atoms with Gasteiger partial charge in [0.05, 0.1) is 5.92 Å². The van der Waals surface area contributed by atoms with Gasteiger partial charge in [-0.1, -0.05) is 12.8 Å². The fraction of sp³-hybridized carbons (Fsp3) is 0.650. The van der Waals surface area contributed by atoms with Gasteiger partial charge in [-0.15, -0.1) is 0 Å². The number of nitrogens with one attached hydrogen (secondary N) is 1. The van der Waals surface area contributed by atoms with Gasteiger partial charge < -0.3 is 15.1 Å². The third-order valence-electron chi connectivity index (χ3n) is 6.43. The monoisotopic (exact) mass is 363 g/mol. The lowest BCUT2D eigenvalue weighted by atomic mass is 9.70. The molecule has 2 aliphatic heterocycles. The van der Waals surface area contributed by atoms with Crippen molar-refractivity contribution in [3.05, 3.63) is 29.8 Å². The van der Waals surface area contributed by atoms with E-state index < -0.39 is 11.6 Å². The summed E-state index contributed by atoms with van der Waals surface area (Å²) in [5.41, 5.74) is 0.683. The van der Waals surface area contributed by atoms with Gasteiger partial charge in [-0.3, -0.25) is 4.79 Å². The van der Waals surface area contributed by atoms with E-state index in [-0.39, 0.29) is 11.8 Å². The Morgan fingerprint density at radius 1 is 1.00 bits per heavy atom. The van der Waals surface area contributed by atoms with Crippen LogP contribution in [-0.2, 0) is 4.79 Å². The van der Waals surface area contributed by atoms with Crippen molar-refractivity contribution in [1.29, 1.82) is 0 Å². The number of hydrogen-bond acceptors (Lipinski definition) is 3. The van der Waals surface area contributed by atoms with Crippen LogP contribution in [0.15, 0.2) is 18.2 Å². The van der Waals surface area contributed by atoms with Crippen LogP contribution >= 0.6 is 0 Å². The minimum Gasteiger partial charge on any atom is -0.368 e. The van der Waals surface area contributed by atoms with Crippen LogP contribution < -0.4 is 10.2 Å².